The van der Waals surface area contributed by atoms with Gasteiger partial charge in [0.05, 0.1) is 16.1 Å². The van der Waals surface area contributed by atoms with Gasteiger partial charge in [0.15, 0.2) is 0 Å². The van der Waals surface area contributed by atoms with Crippen LogP contribution in [-0.2, 0) is 27.8 Å². The highest BCUT2D eigenvalue weighted by Gasteiger charge is 2.24. The van der Waals surface area contributed by atoms with Gasteiger partial charge in [-0.2, -0.15) is 0 Å². The second kappa shape index (κ2) is 9.69. The van der Waals surface area contributed by atoms with E-state index in [0.29, 0.717) is 19.5 Å². The monoisotopic (exact) mass is 477 g/mol. The van der Waals surface area contributed by atoms with Gasteiger partial charge in [-0.1, -0.05) is 42.0 Å². The summed E-state index contributed by atoms with van der Waals surface area (Å²) in [7, 11) is -3.95. The first-order chi connectivity index (χ1) is 16.2. The highest BCUT2D eigenvalue weighted by Crippen LogP contribution is 2.30. The van der Waals surface area contributed by atoms with Crippen molar-refractivity contribution in [2.75, 3.05) is 16.2 Å². The first kappa shape index (κ1) is 23.5. The average molecular weight is 478 g/mol. The summed E-state index contributed by atoms with van der Waals surface area (Å²) in [6.45, 7) is 4.45. The Hall–Kier alpha value is -3.65. The Kier molecular flexibility index (Phi) is 6.70. The first-order valence-electron chi connectivity index (χ1n) is 11.1. The minimum atomic E-state index is -3.95. The smallest absolute Gasteiger partial charge is 0.261 e. The summed E-state index contributed by atoms with van der Waals surface area (Å²) >= 11 is 0. The van der Waals surface area contributed by atoms with Crippen LogP contribution >= 0.6 is 0 Å². The maximum atomic E-state index is 13.2. The molecule has 0 radical (unpaired) electrons. The molecular formula is C26H27N3O4S. The number of para-hydroxylation sites is 1. The number of carbonyl (C=O) groups excluding carboxylic acids is 2. The van der Waals surface area contributed by atoms with E-state index in [1.807, 2.05) is 31.2 Å². The molecule has 0 unspecified atom stereocenters. The number of carbonyl (C=O) groups is 2. The highest BCUT2D eigenvalue weighted by atomic mass is 32.2. The number of anilines is 2. The van der Waals surface area contributed by atoms with Crippen LogP contribution in [0.3, 0.4) is 0 Å². The molecule has 0 aromatic heterocycles. The summed E-state index contributed by atoms with van der Waals surface area (Å²) in [5, 5.41) is 2.85. The molecule has 176 valence electrons. The Labute approximate surface area is 199 Å². The molecule has 1 aliphatic heterocycles. The van der Waals surface area contributed by atoms with Crippen molar-refractivity contribution in [1.29, 1.82) is 0 Å². The van der Waals surface area contributed by atoms with Gasteiger partial charge in [0.2, 0.25) is 5.91 Å². The molecule has 0 aliphatic carbocycles. The number of nitrogens with zero attached hydrogens (tertiary/aromatic N) is 1. The molecule has 8 heteroatoms. The molecule has 1 aliphatic rings. The van der Waals surface area contributed by atoms with Crippen molar-refractivity contribution < 1.29 is 18.0 Å². The van der Waals surface area contributed by atoms with Gasteiger partial charge in [-0.3, -0.25) is 14.3 Å². The van der Waals surface area contributed by atoms with Crippen LogP contribution in [0.2, 0.25) is 0 Å². The first-order valence-corrected chi connectivity index (χ1v) is 12.6. The molecule has 3 aromatic rings. The van der Waals surface area contributed by atoms with Crippen molar-refractivity contribution in [2.45, 2.75) is 38.1 Å². The molecule has 2 N–H and O–H groups in total. The Morgan fingerprint density at radius 1 is 1.00 bits per heavy atom. The molecule has 0 atom stereocenters. The van der Waals surface area contributed by atoms with Crippen LogP contribution in [0.1, 0.15) is 40.4 Å². The number of sulfonamides is 1. The van der Waals surface area contributed by atoms with Crippen molar-refractivity contribution in [3.05, 3.63) is 89.0 Å². The lowest BCUT2D eigenvalue weighted by Crippen LogP contribution is -2.33. The largest absolute Gasteiger partial charge is 0.348 e. The Balaban J connectivity index is 1.54. The van der Waals surface area contributed by atoms with Crippen LogP contribution in [-0.4, -0.2) is 26.8 Å². The molecule has 7 nitrogen and oxygen atoms in total. The summed E-state index contributed by atoms with van der Waals surface area (Å²) in [5.41, 5.74) is 4.07. The maximum Gasteiger partial charge on any atom is 0.261 e. The standard InChI is InChI=1S/C26H27N3O4S/c1-18-9-11-20(12-10-18)17-27-26(31)23-7-3-4-8-24(23)28-34(32,33)22-13-14-25-21(16-22)6-5-15-29(25)19(2)30/h3-4,7-14,16,28H,5-6,15,17H2,1-2H3,(H,27,31). The van der Waals surface area contributed by atoms with Gasteiger partial charge in [0.25, 0.3) is 15.9 Å². The van der Waals surface area contributed by atoms with Gasteiger partial charge in [-0.25, -0.2) is 8.42 Å². The highest BCUT2D eigenvalue weighted by molar-refractivity contribution is 7.92. The molecule has 1 heterocycles. The number of benzene rings is 3. The molecule has 0 saturated heterocycles. The number of rotatable bonds is 6. The number of amides is 2. The van der Waals surface area contributed by atoms with Crippen molar-refractivity contribution in [2.24, 2.45) is 0 Å². The Morgan fingerprint density at radius 3 is 2.47 bits per heavy atom. The van der Waals surface area contributed by atoms with Gasteiger partial charge in [0.1, 0.15) is 0 Å². The Morgan fingerprint density at radius 2 is 1.74 bits per heavy atom. The van der Waals surface area contributed by atoms with E-state index >= 15 is 0 Å². The zero-order valence-electron chi connectivity index (χ0n) is 19.2. The number of hydrogen-bond acceptors (Lipinski definition) is 4. The predicted octanol–water partition coefficient (Wildman–Crippen LogP) is 4.02. The van der Waals surface area contributed by atoms with E-state index in [2.05, 4.69) is 10.0 Å². The fraction of sp³-hybridized carbons (Fsp3) is 0.231. The zero-order valence-corrected chi connectivity index (χ0v) is 20.0. The van der Waals surface area contributed by atoms with E-state index in [4.69, 9.17) is 0 Å². The van der Waals surface area contributed by atoms with Crippen LogP contribution in [0.5, 0.6) is 0 Å². The molecule has 2 amide bonds. The summed E-state index contributed by atoms with van der Waals surface area (Å²) in [6, 6.07) is 19.1. The van der Waals surface area contributed by atoms with E-state index < -0.39 is 10.0 Å². The van der Waals surface area contributed by atoms with Crippen molar-refractivity contribution in [3.8, 4) is 0 Å². The van der Waals surface area contributed by atoms with Gasteiger partial charge < -0.3 is 10.2 Å². The van der Waals surface area contributed by atoms with Gasteiger partial charge in [0, 0.05) is 25.7 Å². The van der Waals surface area contributed by atoms with Crippen molar-refractivity contribution in [3.63, 3.8) is 0 Å². The maximum absolute atomic E-state index is 13.2. The zero-order chi connectivity index (χ0) is 24.3. The predicted molar refractivity (Wildman–Crippen MR) is 132 cm³/mol. The third kappa shape index (κ3) is 5.12. The summed E-state index contributed by atoms with van der Waals surface area (Å²) < 4.78 is 28.9. The fourth-order valence-electron chi connectivity index (χ4n) is 4.03. The van der Waals surface area contributed by atoms with E-state index in [1.165, 1.54) is 13.0 Å². The molecule has 0 spiro atoms. The SMILES string of the molecule is CC(=O)N1CCCc2cc(S(=O)(=O)Nc3ccccc3C(=O)NCc3ccc(C)cc3)ccc21. The Bertz CT molecular complexity index is 1330. The minimum Gasteiger partial charge on any atom is -0.348 e. The molecule has 0 fully saturated rings. The summed E-state index contributed by atoms with van der Waals surface area (Å²) in [6.07, 6.45) is 1.47. The van der Waals surface area contributed by atoms with Crippen LogP contribution in [0, 0.1) is 6.92 Å². The molecule has 4 rings (SSSR count). The number of aryl methyl sites for hydroxylation is 2. The van der Waals surface area contributed by atoms with Gasteiger partial charge in [-0.15, -0.1) is 0 Å². The van der Waals surface area contributed by atoms with Crippen LogP contribution in [0.4, 0.5) is 11.4 Å². The van der Waals surface area contributed by atoms with E-state index in [0.717, 1.165) is 28.8 Å². The third-order valence-electron chi connectivity index (χ3n) is 5.85. The number of nitrogens with one attached hydrogen (secondary N) is 2. The lowest BCUT2D eigenvalue weighted by atomic mass is 10.0. The molecule has 0 bridgehead atoms. The lowest BCUT2D eigenvalue weighted by molar-refractivity contribution is -0.116. The number of fused-ring (bicyclic) bond motifs is 1. The minimum absolute atomic E-state index is 0.0692. The number of hydrogen-bond donors (Lipinski definition) is 2. The van der Waals surface area contributed by atoms with Crippen LogP contribution in [0.25, 0.3) is 0 Å². The lowest BCUT2D eigenvalue weighted by Gasteiger charge is -2.28. The van der Waals surface area contributed by atoms with Crippen LogP contribution in [0.15, 0.2) is 71.6 Å². The second-order valence-electron chi connectivity index (χ2n) is 8.38. The van der Waals surface area contributed by atoms with Crippen molar-refractivity contribution >= 4 is 33.2 Å². The summed E-state index contributed by atoms with van der Waals surface area (Å²) in [4.78, 5) is 26.5. The molecule has 0 saturated carbocycles. The second-order valence-corrected chi connectivity index (χ2v) is 10.1. The third-order valence-corrected chi connectivity index (χ3v) is 7.21. The van der Waals surface area contributed by atoms with Crippen molar-refractivity contribution in [1.82, 2.24) is 5.32 Å². The fourth-order valence-corrected chi connectivity index (χ4v) is 5.16. The van der Waals surface area contributed by atoms with Crippen LogP contribution < -0.4 is 14.9 Å². The quantitative estimate of drug-likeness (QED) is 0.560. The van der Waals surface area contributed by atoms with E-state index in [-0.39, 0.29) is 28.0 Å². The van der Waals surface area contributed by atoms with E-state index in [1.54, 1.807) is 41.3 Å². The average Bonchev–Trinajstić information content (AvgIpc) is 2.82. The summed E-state index contributed by atoms with van der Waals surface area (Å²) in [5.74, 6) is -0.443. The normalized spacial score (nSPS) is 13.2. The topological polar surface area (TPSA) is 95.6 Å². The van der Waals surface area contributed by atoms with Gasteiger partial charge in [-0.05, 0) is 61.2 Å². The molecular weight excluding hydrogens is 450 g/mol. The molecule has 3 aromatic carbocycles. The van der Waals surface area contributed by atoms with E-state index in [9.17, 15) is 18.0 Å². The molecule has 34 heavy (non-hydrogen) atoms. The van der Waals surface area contributed by atoms with Gasteiger partial charge >= 0.3 is 0 Å².